The average Bonchev–Trinajstić information content (AvgIpc) is 2.49. The number of carbonyl (C=O) groups excluding carboxylic acids is 2. The smallest absolute Gasteiger partial charge is 0.239 e. The van der Waals surface area contributed by atoms with Gasteiger partial charge in [0.05, 0.1) is 12.5 Å². The first-order chi connectivity index (χ1) is 9.99. The molecule has 1 heterocycles. The van der Waals surface area contributed by atoms with E-state index in [0.717, 1.165) is 5.56 Å². The molecular formula is C15H21Cl2N3O2. The van der Waals surface area contributed by atoms with Crippen molar-refractivity contribution in [3.05, 3.63) is 34.9 Å². The molecule has 122 valence electrons. The van der Waals surface area contributed by atoms with Crippen molar-refractivity contribution in [3.8, 4) is 0 Å². The Morgan fingerprint density at radius 2 is 1.73 bits per heavy atom. The van der Waals surface area contributed by atoms with Crippen LogP contribution >= 0.6 is 24.0 Å². The number of amides is 2. The number of halogens is 2. The summed E-state index contributed by atoms with van der Waals surface area (Å²) in [5.41, 5.74) is 6.43. The molecule has 2 rings (SSSR count). The van der Waals surface area contributed by atoms with E-state index in [2.05, 4.69) is 0 Å². The van der Waals surface area contributed by atoms with E-state index in [4.69, 9.17) is 17.3 Å². The molecule has 5 nitrogen and oxygen atoms in total. The topological polar surface area (TPSA) is 66.6 Å². The number of nitrogens with two attached hydrogens (primary N) is 1. The second-order valence-electron chi connectivity index (χ2n) is 5.26. The number of piperazine rings is 1. The van der Waals surface area contributed by atoms with E-state index in [1.807, 2.05) is 18.2 Å². The van der Waals surface area contributed by atoms with Crippen LogP contribution in [0.15, 0.2) is 24.3 Å². The summed E-state index contributed by atoms with van der Waals surface area (Å²) in [7, 11) is 0. The van der Waals surface area contributed by atoms with Crippen LogP contribution in [0.25, 0.3) is 0 Å². The first-order valence-electron chi connectivity index (χ1n) is 7.04. The third-order valence-corrected chi connectivity index (χ3v) is 4.00. The highest BCUT2D eigenvalue weighted by Gasteiger charge is 2.25. The maximum absolute atomic E-state index is 12.3. The zero-order chi connectivity index (χ0) is 15.4. The van der Waals surface area contributed by atoms with Gasteiger partial charge < -0.3 is 15.5 Å². The van der Waals surface area contributed by atoms with Crippen molar-refractivity contribution in [2.75, 3.05) is 26.2 Å². The quantitative estimate of drug-likeness (QED) is 0.898. The summed E-state index contributed by atoms with van der Waals surface area (Å²) in [5.74, 6) is -0.0239. The Morgan fingerprint density at radius 1 is 1.18 bits per heavy atom. The fraction of sp³-hybridized carbons (Fsp3) is 0.467. The summed E-state index contributed by atoms with van der Waals surface area (Å²) < 4.78 is 0. The molecule has 1 fully saturated rings. The van der Waals surface area contributed by atoms with Gasteiger partial charge in [-0.1, -0.05) is 29.8 Å². The Labute approximate surface area is 141 Å². The van der Waals surface area contributed by atoms with Gasteiger partial charge >= 0.3 is 0 Å². The SMILES string of the molecule is C[C@H](N)C(=O)N1CCN(C(=O)Cc2ccccc2Cl)CC1.Cl. The Balaban J connectivity index is 0.00000242. The maximum Gasteiger partial charge on any atom is 0.239 e. The van der Waals surface area contributed by atoms with Gasteiger partial charge in [-0.25, -0.2) is 0 Å². The Morgan fingerprint density at radius 3 is 2.27 bits per heavy atom. The molecule has 1 aliphatic heterocycles. The van der Waals surface area contributed by atoms with Crippen molar-refractivity contribution >= 4 is 35.8 Å². The summed E-state index contributed by atoms with van der Waals surface area (Å²) in [6, 6.07) is 6.86. The highest BCUT2D eigenvalue weighted by molar-refractivity contribution is 6.31. The lowest BCUT2D eigenvalue weighted by atomic mass is 10.1. The monoisotopic (exact) mass is 345 g/mol. The lowest BCUT2D eigenvalue weighted by Gasteiger charge is -2.35. The summed E-state index contributed by atoms with van der Waals surface area (Å²) in [5, 5.41) is 0.608. The lowest BCUT2D eigenvalue weighted by molar-refractivity contribution is -0.139. The van der Waals surface area contributed by atoms with Gasteiger partial charge in [0.25, 0.3) is 0 Å². The van der Waals surface area contributed by atoms with Crippen LogP contribution in [0.4, 0.5) is 0 Å². The maximum atomic E-state index is 12.3. The van der Waals surface area contributed by atoms with E-state index >= 15 is 0 Å². The first kappa shape index (κ1) is 18.7. The van der Waals surface area contributed by atoms with Crippen molar-refractivity contribution in [3.63, 3.8) is 0 Å². The molecule has 7 heteroatoms. The van der Waals surface area contributed by atoms with Crippen LogP contribution in [0.2, 0.25) is 5.02 Å². The van der Waals surface area contributed by atoms with Crippen LogP contribution in [0.5, 0.6) is 0 Å². The molecule has 1 aromatic carbocycles. The molecule has 0 saturated carbocycles. The molecule has 0 aliphatic carbocycles. The van der Waals surface area contributed by atoms with Gasteiger partial charge in [-0.2, -0.15) is 0 Å². The zero-order valence-corrected chi connectivity index (χ0v) is 14.1. The third-order valence-electron chi connectivity index (χ3n) is 3.63. The Bertz CT molecular complexity index is 529. The number of hydrogen-bond acceptors (Lipinski definition) is 3. The van der Waals surface area contributed by atoms with E-state index in [0.29, 0.717) is 37.6 Å². The van der Waals surface area contributed by atoms with E-state index in [1.165, 1.54) is 0 Å². The molecule has 1 aliphatic rings. The predicted molar refractivity (Wildman–Crippen MR) is 89.2 cm³/mol. The normalized spacial score (nSPS) is 16.0. The highest BCUT2D eigenvalue weighted by Crippen LogP contribution is 2.16. The van der Waals surface area contributed by atoms with Crippen LogP contribution in [0.1, 0.15) is 12.5 Å². The summed E-state index contributed by atoms with van der Waals surface area (Å²) in [4.78, 5) is 27.5. The van der Waals surface area contributed by atoms with Gasteiger partial charge in [0.1, 0.15) is 0 Å². The fourth-order valence-corrected chi connectivity index (χ4v) is 2.58. The lowest BCUT2D eigenvalue weighted by Crippen LogP contribution is -2.54. The fourth-order valence-electron chi connectivity index (χ4n) is 2.38. The van der Waals surface area contributed by atoms with Crippen molar-refractivity contribution < 1.29 is 9.59 Å². The first-order valence-corrected chi connectivity index (χ1v) is 7.42. The third kappa shape index (κ3) is 4.60. The minimum absolute atomic E-state index is 0. The van der Waals surface area contributed by atoms with Crippen LogP contribution < -0.4 is 5.73 Å². The van der Waals surface area contributed by atoms with Gasteiger partial charge in [-0.3, -0.25) is 9.59 Å². The second-order valence-corrected chi connectivity index (χ2v) is 5.67. The number of carbonyl (C=O) groups is 2. The molecule has 2 amide bonds. The second kappa shape index (κ2) is 8.36. The van der Waals surface area contributed by atoms with Crippen molar-refractivity contribution in [1.29, 1.82) is 0 Å². The van der Waals surface area contributed by atoms with Crippen LogP contribution in [-0.2, 0) is 16.0 Å². The van der Waals surface area contributed by atoms with Gasteiger partial charge in [0, 0.05) is 31.2 Å². The number of nitrogens with zero attached hydrogens (tertiary/aromatic N) is 2. The Hall–Kier alpha value is -1.30. The number of rotatable bonds is 3. The summed E-state index contributed by atoms with van der Waals surface area (Å²) in [6.45, 7) is 3.84. The predicted octanol–water partition coefficient (Wildman–Crippen LogP) is 1.32. The molecule has 2 N–H and O–H groups in total. The molecule has 22 heavy (non-hydrogen) atoms. The van der Waals surface area contributed by atoms with E-state index < -0.39 is 6.04 Å². The minimum Gasteiger partial charge on any atom is -0.339 e. The van der Waals surface area contributed by atoms with Crippen LogP contribution in [-0.4, -0.2) is 53.8 Å². The van der Waals surface area contributed by atoms with Crippen molar-refractivity contribution in [2.24, 2.45) is 5.73 Å². The van der Waals surface area contributed by atoms with Gasteiger partial charge in [-0.15, -0.1) is 12.4 Å². The van der Waals surface area contributed by atoms with Gasteiger partial charge in [0.15, 0.2) is 0 Å². The average molecular weight is 346 g/mol. The van der Waals surface area contributed by atoms with Crippen LogP contribution in [0.3, 0.4) is 0 Å². The molecule has 0 radical (unpaired) electrons. The molecule has 0 aromatic heterocycles. The molecule has 0 spiro atoms. The molecule has 1 saturated heterocycles. The molecule has 1 atom stereocenters. The van der Waals surface area contributed by atoms with E-state index in [-0.39, 0.29) is 24.2 Å². The van der Waals surface area contributed by atoms with Crippen molar-refractivity contribution in [2.45, 2.75) is 19.4 Å². The Kier molecular flexibility index (Phi) is 7.13. The largest absolute Gasteiger partial charge is 0.339 e. The minimum atomic E-state index is -0.490. The van der Waals surface area contributed by atoms with E-state index in [9.17, 15) is 9.59 Å². The van der Waals surface area contributed by atoms with Gasteiger partial charge in [-0.05, 0) is 18.6 Å². The van der Waals surface area contributed by atoms with Crippen LogP contribution in [0, 0.1) is 0 Å². The molecule has 0 unspecified atom stereocenters. The summed E-state index contributed by atoms with van der Waals surface area (Å²) in [6.07, 6.45) is 0.293. The zero-order valence-electron chi connectivity index (χ0n) is 12.5. The highest BCUT2D eigenvalue weighted by atomic mass is 35.5. The standard InChI is InChI=1S/C15H20ClN3O2.ClH/c1-11(17)15(21)19-8-6-18(7-9-19)14(20)10-12-4-2-3-5-13(12)16;/h2-5,11H,6-10,17H2,1H3;1H/t11-;/m0./s1. The molecule has 0 bridgehead atoms. The van der Waals surface area contributed by atoms with E-state index in [1.54, 1.807) is 22.8 Å². The molecular weight excluding hydrogens is 325 g/mol. The number of hydrogen-bond donors (Lipinski definition) is 1. The van der Waals surface area contributed by atoms with Gasteiger partial charge in [0.2, 0.25) is 11.8 Å². The van der Waals surface area contributed by atoms with Crippen molar-refractivity contribution in [1.82, 2.24) is 9.80 Å². The summed E-state index contributed by atoms with van der Waals surface area (Å²) >= 11 is 6.07. The number of benzene rings is 1. The molecule has 1 aromatic rings.